The van der Waals surface area contributed by atoms with Crippen molar-refractivity contribution in [3.8, 4) is 0 Å². The summed E-state index contributed by atoms with van der Waals surface area (Å²) < 4.78 is 5.29. The summed E-state index contributed by atoms with van der Waals surface area (Å²) >= 11 is 0. The van der Waals surface area contributed by atoms with E-state index >= 15 is 0 Å². The van der Waals surface area contributed by atoms with Crippen molar-refractivity contribution in [3.05, 3.63) is 35.4 Å². The minimum absolute atomic E-state index is 0.104. The van der Waals surface area contributed by atoms with E-state index in [1.165, 1.54) is 11.1 Å². The first-order valence-electron chi connectivity index (χ1n) is 6.29. The Hall–Kier alpha value is -1.31. The van der Waals surface area contributed by atoms with E-state index in [1.54, 1.807) is 0 Å². The van der Waals surface area contributed by atoms with E-state index < -0.39 is 0 Å². The van der Waals surface area contributed by atoms with Gasteiger partial charge in [-0.2, -0.15) is 0 Å². The van der Waals surface area contributed by atoms with Gasteiger partial charge in [0.25, 0.3) is 0 Å². The number of ether oxygens (including phenoxy) is 1. The molecule has 2 heteroatoms. The summed E-state index contributed by atoms with van der Waals surface area (Å²) in [6, 6.07) is 8.50. The highest BCUT2D eigenvalue weighted by Crippen LogP contribution is 2.45. The van der Waals surface area contributed by atoms with E-state index in [-0.39, 0.29) is 11.4 Å². The van der Waals surface area contributed by atoms with E-state index in [4.69, 9.17) is 4.74 Å². The van der Waals surface area contributed by atoms with Crippen molar-refractivity contribution in [2.24, 2.45) is 0 Å². The van der Waals surface area contributed by atoms with Gasteiger partial charge in [0.05, 0.1) is 6.61 Å². The van der Waals surface area contributed by atoms with Crippen LogP contribution < -0.4 is 0 Å². The number of rotatable bonds is 3. The van der Waals surface area contributed by atoms with Gasteiger partial charge in [0.1, 0.15) is 0 Å². The van der Waals surface area contributed by atoms with Crippen molar-refractivity contribution in [3.63, 3.8) is 0 Å². The Labute approximate surface area is 103 Å². The second-order valence-electron chi connectivity index (χ2n) is 5.41. The van der Waals surface area contributed by atoms with Crippen LogP contribution in [0.4, 0.5) is 0 Å². The second-order valence-corrected chi connectivity index (χ2v) is 5.41. The van der Waals surface area contributed by atoms with Crippen LogP contribution in [0.1, 0.15) is 50.7 Å². The lowest BCUT2D eigenvalue weighted by atomic mass is 9.86. The van der Waals surface area contributed by atoms with Gasteiger partial charge < -0.3 is 4.74 Å². The highest BCUT2D eigenvalue weighted by atomic mass is 16.5. The molecule has 0 N–H and O–H groups in total. The summed E-state index contributed by atoms with van der Waals surface area (Å²) in [5.74, 6) is 0.254. The molecule has 0 saturated carbocycles. The lowest BCUT2D eigenvalue weighted by Crippen LogP contribution is -2.14. The smallest absolute Gasteiger partial charge is 0.305 e. The largest absolute Gasteiger partial charge is 0.465 e. The molecule has 0 spiro atoms. The molecule has 1 atom stereocenters. The number of esters is 1. The van der Waals surface area contributed by atoms with E-state index in [0.717, 1.165) is 6.42 Å². The molecule has 2 nitrogen and oxygen atoms in total. The van der Waals surface area contributed by atoms with Crippen LogP contribution in [0.5, 0.6) is 0 Å². The standard InChI is InChI=1S/C15H20O2/c1-4-14(16)17-10-11-9-15(2,3)13-8-6-5-7-12(11)13/h5-8,11H,4,9-10H2,1-3H3. The van der Waals surface area contributed by atoms with Crippen molar-refractivity contribution in [1.29, 1.82) is 0 Å². The predicted octanol–water partition coefficient (Wildman–Crippen LogP) is 3.40. The number of fused-ring (bicyclic) bond motifs is 1. The van der Waals surface area contributed by atoms with Crippen molar-refractivity contribution in [2.45, 2.75) is 44.9 Å². The van der Waals surface area contributed by atoms with Crippen molar-refractivity contribution >= 4 is 5.97 Å². The first-order chi connectivity index (χ1) is 8.04. The lowest BCUT2D eigenvalue weighted by Gasteiger charge is -2.19. The van der Waals surface area contributed by atoms with Gasteiger partial charge in [0.15, 0.2) is 0 Å². The van der Waals surface area contributed by atoms with Gasteiger partial charge in [-0.1, -0.05) is 45.0 Å². The zero-order valence-corrected chi connectivity index (χ0v) is 10.8. The molecule has 17 heavy (non-hydrogen) atoms. The van der Waals surface area contributed by atoms with Crippen LogP contribution in [0, 0.1) is 0 Å². The Morgan fingerprint density at radius 1 is 1.41 bits per heavy atom. The molecular weight excluding hydrogens is 212 g/mol. The molecular formula is C15H20O2. The Balaban J connectivity index is 2.15. The van der Waals surface area contributed by atoms with E-state index in [2.05, 4.69) is 38.1 Å². The summed E-state index contributed by atoms with van der Waals surface area (Å²) in [4.78, 5) is 11.2. The van der Waals surface area contributed by atoms with Crippen LogP contribution in [-0.2, 0) is 14.9 Å². The highest BCUT2D eigenvalue weighted by Gasteiger charge is 2.36. The van der Waals surface area contributed by atoms with Gasteiger partial charge in [-0.05, 0) is 23.0 Å². The summed E-state index contributed by atoms with van der Waals surface area (Å²) in [6.07, 6.45) is 1.51. The fourth-order valence-corrected chi connectivity index (χ4v) is 2.75. The molecule has 2 rings (SSSR count). The molecule has 1 aliphatic rings. The molecule has 0 aliphatic heterocycles. The van der Waals surface area contributed by atoms with E-state index in [9.17, 15) is 4.79 Å². The van der Waals surface area contributed by atoms with Crippen molar-refractivity contribution in [2.75, 3.05) is 6.61 Å². The summed E-state index contributed by atoms with van der Waals surface area (Å²) in [6.45, 7) is 6.86. The third-order valence-corrected chi connectivity index (χ3v) is 3.62. The first-order valence-corrected chi connectivity index (χ1v) is 6.29. The van der Waals surface area contributed by atoms with E-state index in [1.807, 2.05) is 6.92 Å². The first kappa shape index (κ1) is 12.2. The van der Waals surface area contributed by atoms with Crippen LogP contribution in [0.25, 0.3) is 0 Å². The Bertz CT molecular complexity index is 421. The summed E-state index contributed by atoms with van der Waals surface area (Å²) in [5, 5.41) is 0. The molecule has 0 bridgehead atoms. The molecule has 0 heterocycles. The number of carbonyl (C=O) groups excluding carboxylic acids is 1. The molecule has 1 aromatic rings. The normalized spacial score (nSPS) is 21.0. The Kier molecular flexibility index (Phi) is 3.23. The van der Waals surface area contributed by atoms with Crippen LogP contribution in [0.3, 0.4) is 0 Å². The third-order valence-electron chi connectivity index (χ3n) is 3.62. The lowest BCUT2D eigenvalue weighted by molar-refractivity contribution is -0.143. The fraction of sp³-hybridized carbons (Fsp3) is 0.533. The minimum Gasteiger partial charge on any atom is -0.465 e. The molecule has 1 unspecified atom stereocenters. The van der Waals surface area contributed by atoms with Crippen LogP contribution >= 0.6 is 0 Å². The van der Waals surface area contributed by atoms with Crippen LogP contribution in [-0.4, -0.2) is 12.6 Å². The maximum atomic E-state index is 11.2. The Morgan fingerprint density at radius 3 is 2.82 bits per heavy atom. The molecule has 0 fully saturated rings. The SMILES string of the molecule is CCC(=O)OCC1CC(C)(C)c2ccccc21. The number of hydrogen-bond acceptors (Lipinski definition) is 2. The molecule has 0 radical (unpaired) electrons. The summed E-state index contributed by atoms with van der Waals surface area (Å²) in [5.41, 5.74) is 2.94. The van der Waals surface area contributed by atoms with Gasteiger partial charge in [0.2, 0.25) is 0 Å². The summed E-state index contributed by atoms with van der Waals surface area (Å²) in [7, 11) is 0. The van der Waals surface area contributed by atoms with Gasteiger partial charge in [-0.15, -0.1) is 0 Å². The maximum absolute atomic E-state index is 11.2. The minimum atomic E-state index is -0.104. The van der Waals surface area contributed by atoms with Gasteiger partial charge in [-0.3, -0.25) is 4.79 Å². The van der Waals surface area contributed by atoms with Crippen LogP contribution in [0.15, 0.2) is 24.3 Å². The molecule has 1 aliphatic carbocycles. The van der Waals surface area contributed by atoms with Gasteiger partial charge in [-0.25, -0.2) is 0 Å². The topological polar surface area (TPSA) is 26.3 Å². The molecule has 0 amide bonds. The van der Waals surface area contributed by atoms with Gasteiger partial charge in [0, 0.05) is 12.3 Å². The molecule has 0 aromatic heterocycles. The number of carbonyl (C=O) groups is 1. The Morgan fingerprint density at radius 2 is 2.12 bits per heavy atom. The van der Waals surface area contributed by atoms with Crippen molar-refractivity contribution in [1.82, 2.24) is 0 Å². The molecule has 1 aromatic carbocycles. The zero-order chi connectivity index (χ0) is 12.5. The van der Waals surface area contributed by atoms with Crippen molar-refractivity contribution < 1.29 is 9.53 Å². The molecule has 92 valence electrons. The zero-order valence-electron chi connectivity index (χ0n) is 10.8. The monoisotopic (exact) mass is 232 g/mol. The number of benzene rings is 1. The van der Waals surface area contributed by atoms with Crippen LogP contribution in [0.2, 0.25) is 0 Å². The predicted molar refractivity (Wildman–Crippen MR) is 68.1 cm³/mol. The average molecular weight is 232 g/mol. The third kappa shape index (κ3) is 2.36. The molecule has 0 saturated heterocycles. The fourth-order valence-electron chi connectivity index (χ4n) is 2.75. The highest BCUT2D eigenvalue weighted by molar-refractivity contribution is 5.68. The quantitative estimate of drug-likeness (QED) is 0.746. The second kappa shape index (κ2) is 4.52. The van der Waals surface area contributed by atoms with E-state index in [0.29, 0.717) is 18.9 Å². The van der Waals surface area contributed by atoms with Gasteiger partial charge >= 0.3 is 5.97 Å². The average Bonchev–Trinajstić information content (AvgIpc) is 2.59. The number of hydrogen-bond donors (Lipinski definition) is 0. The maximum Gasteiger partial charge on any atom is 0.305 e.